The number of ether oxygens (including phenoxy) is 1. The summed E-state index contributed by atoms with van der Waals surface area (Å²) < 4.78 is 5.31. The molecule has 0 saturated carbocycles. The van der Waals surface area contributed by atoms with Gasteiger partial charge in [-0.3, -0.25) is 4.90 Å². The molecule has 1 unspecified atom stereocenters. The van der Waals surface area contributed by atoms with Crippen molar-refractivity contribution >= 4 is 0 Å². The lowest BCUT2D eigenvalue weighted by atomic mass is 10.1. The van der Waals surface area contributed by atoms with E-state index in [9.17, 15) is 0 Å². The summed E-state index contributed by atoms with van der Waals surface area (Å²) in [6.07, 6.45) is 2.31. The van der Waals surface area contributed by atoms with Crippen molar-refractivity contribution in [3.63, 3.8) is 0 Å². The molecule has 12 heavy (non-hydrogen) atoms. The third-order valence-electron chi connectivity index (χ3n) is 2.80. The topological polar surface area (TPSA) is 38.5 Å². The SMILES string of the molecule is CC(CN)N(C)C1CCOCC1. The van der Waals surface area contributed by atoms with Crippen molar-refractivity contribution in [1.29, 1.82) is 0 Å². The van der Waals surface area contributed by atoms with Gasteiger partial charge in [0.05, 0.1) is 0 Å². The van der Waals surface area contributed by atoms with Crippen LogP contribution in [-0.4, -0.2) is 43.8 Å². The second kappa shape index (κ2) is 4.80. The maximum atomic E-state index is 5.61. The highest BCUT2D eigenvalue weighted by molar-refractivity contribution is 4.76. The van der Waals surface area contributed by atoms with E-state index in [2.05, 4.69) is 18.9 Å². The quantitative estimate of drug-likeness (QED) is 0.671. The summed E-state index contributed by atoms with van der Waals surface area (Å²) in [5, 5.41) is 0. The average molecular weight is 172 g/mol. The van der Waals surface area contributed by atoms with Gasteiger partial charge in [-0.05, 0) is 26.8 Å². The van der Waals surface area contributed by atoms with Gasteiger partial charge < -0.3 is 10.5 Å². The molecule has 72 valence electrons. The Hall–Kier alpha value is -0.120. The van der Waals surface area contributed by atoms with Crippen LogP contribution in [0.5, 0.6) is 0 Å². The Labute approximate surface area is 74.9 Å². The Morgan fingerprint density at radius 3 is 2.58 bits per heavy atom. The number of hydrogen-bond donors (Lipinski definition) is 1. The molecule has 1 fully saturated rings. The van der Waals surface area contributed by atoms with Crippen LogP contribution in [-0.2, 0) is 4.74 Å². The molecular formula is C9H20N2O. The molecule has 1 atom stereocenters. The second-order valence-corrected chi connectivity index (χ2v) is 3.59. The fraction of sp³-hybridized carbons (Fsp3) is 1.00. The highest BCUT2D eigenvalue weighted by Gasteiger charge is 2.20. The van der Waals surface area contributed by atoms with E-state index in [1.807, 2.05) is 0 Å². The van der Waals surface area contributed by atoms with Crippen molar-refractivity contribution in [2.24, 2.45) is 5.73 Å². The molecule has 2 N–H and O–H groups in total. The second-order valence-electron chi connectivity index (χ2n) is 3.59. The zero-order valence-electron chi connectivity index (χ0n) is 8.12. The molecule has 1 rings (SSSR count). The first kappa shape index (κ1) is 9.96. The van der Waals surface area contributed by atoms with E-state index in [4.69, 9.17) is 10.5 Å². The maximum Gasteiger partial charge on any atom is 0.0480 e. The minimum Gasteiger partial charge on any atom is -0.381 e. The predicted molar refractivity (Wildman–Crippen MR) is 50.1 cm³/mol. The van der Waals surface area contributed by atoms with E-state index >= 15 is 0 Å². The van der Waals surface area contributed by atoms with E-state index in [0.717, 1.165) is 32.6 Å². The van der Waals surface area contributed by atoms with Gasteiger partial charge in [-0.15, -0.1) is 0 Å². The predicted octanol–water partition coefficient (Wildman–Crippen LogP) is 0.444. The minimum absolute atomic E-state index is 0.494. The Morgan fingerprint density at radius 2 is 2.08 bits per heavy atom. The number of rotatable bonds is 3. The van der Waals surface area contributed by atoms with Gasteiger partial charge in [0.25, 0.3) is 0 Å². The molecule has 1 aliphatic heterocycles. The highest BCUT2D eigenvalue weighted by atomic mass is 16.5. The largest absolute Gasteiger partial charge is 0.381 e. The average Bonchev–Trinajstić information content (AvgIpc) is 2.17. The van der Waals surface area contributed by atoms with Crippen LogP contribution in [0.15, 0.2) is 0 Å². The van der Waals surface area contributed by atoms with Crippen LogP contribution < -0.4 is 5.73 Å². The van der Waals surface area contributed by atoms with Crippen LogP contribution in [0.2, 0.25) is 0 Å². The lowest BCUT2D eigenvalue weighted by Gasteiger charge is -2.34. The molecule has 0 amide bonds. The van der Waals surface area contributed by atoms with Crippen LogP contribution in [0.3, 0.4) is 0 Å². The first-order valence-electron chi connectivity index (χ1n) is 4.75. The van der Waals surface area contributed by atoms with Crippen LogP contribution in [0.1, 0.15) is 19.8 Å². The number of nitrogens with zero attached hydrogens (tertiary/aromatic N) is 1. The monoisotopic (exact) mass is 172 g/mol. The van der Waals surface area contributed by atoms with Crippen molar-refractivity contribution in [2.45, 2.75) is 31.8 Å². The van der Waals surface area contributed by atoms with Crippen molar-refractivity contribution in [3.8, 4) is 0 Å². The van der Waals surface area contributed by atoms with Crippen molar-refractivity contribution < 1.29 is 4.74 Å². The molecule has 1 saturated heterocycles. The molecule has 0 bridgehead atoms. The van der Waals surface area contributed by atoms with Gasteiger partial charge in [0.2, 0.25) is 0 Å². The molecule has 3 heteroatoms. The van der Waals surface area contributed by atoms with Gasteiger partial charge in [-0.1, -0.05) is 0 Å². The van der Waals surface area contributed by atoms with E-state index in [-0.39, 0.29) is 0 Å². The molecule has 1 heterocycles. The first-order chi connectivity index (χ1) is 5.75. The lowest BCUT2D eigenvalue weighted by Crippen LogP contribution is -2.44. The molecular weight excluding hydrogens is 152 g/mol. The van der Waals surface area contributed by atoms with Gasteiger partial charge >= 0.3 is 0 Å². The summed E-state index contributed by atoms with van der Waals surface area (Å²) in [4.78, 5) is 2.38. The Bertz CT molecular complexity index is 124. The zero-order valence-corrected chi connectivity index (χ0v) is 8.12. The Balaban J connectivity index is 2.33. The van der Waals surface area contributed by atoms with Crippen LogP contribution in [0.4, 0.5) is 0 Å². The fourth-order valence-corrected chi connectivity index (χ4v) is 1.62. The molecule has 0 radical (unpaired) electrons. The molecule has 0 aromatic heterocycles. The Morgan fingerprint density at radius 1 is 1.50 bits per heavy atom. The van der Waals surface area contributed by atoms with E-state index in [1.54, 1.807) is 0 Å². The molecule has 0 aromatic rings. The summed E-state index contributed by atoms with van der Waals surface area (Å²) in [7, 11) is 2.16. The van der Waals surface area contributed by atoms with Crippen molar-refractivity contribution in [3.05, 3.63) is 0 Å². The molecule has 0 aromatic carbocycles. The fourth-order valence-electron chi connectivity index (χ4n) is 1.62. The van der Waals surface area contributed by atoms with Crippen LogP contribution >= 0.6 is 0 Å². The molecule has 0 aliphatic carbocycles. The maximum absolute atomic E-state index is 5.61. The summed E-state index contributed by atoms with van der Waals surface area (Å²) in [6.45, 7) is 4.74. The lowest BCUT2D eigenvalue weighted by molar-refractivity contribution is 0.0323. The molecule has 1 aliphatic rings. The first-order valence-corrected chi connectivity index (χ1v) is 4.75. The molecule has 3 nitrogen and oxygen atoms in total. The normalized spacial score (nSPS) is 23.0. The summed E-state index contributed by atoms with van der Waals surface area (Å²) >= 11 is 0. The zero-order chi connectivity index (χ0) is 8.97. The van der Waals surface area contributed by atoms with Gasteiger partial charge in [0.15, 0.2) is 0 Å². The Kier molecular flexibility index (Phi) is 3.98. The molecule has 0 spiro atoms. The smallest absolute Gasteiger partial charge is 0.0480 e. The van der Waals surface area contributed by atoms with Crippen molar-refractivity contribution in [2.75, 3.05) is 26.8 Å². The van der Waals surface area contributed by atoms with Gasteiger partial charge in [0, 0.05) is 31.8 Å². The number of nitrogens with two attached hydrogens (primary N) is 1. The van der Waals surface area contributed by atoms with Crippen LogP contribution in [0.25, 0.3) is 0 Å². The van der Waals surface area contributed by atoms with Gasteiger partial charge in [-0.2, -0.15) is 0 Å². The summed E-state index contributed by atoms with van der Waals surface area (Å²) in [6, 6.07) is 1.17. The van der Waals surface area contributed by atoms with Crippen LogP contribution in [0, 0.1) is 0 Å². The minimum atomic E-state index is 0.494. The standard InChI is InChI=1S/C9H20N2O/c1-8(7-10)11(2)9-3-5-12-6-4-9/h8-9H,3-7,10H2,1-2H3. The summed E-state index contributed by atoms with van der Waals surface area (Å²) in [5.74, 6) is 0. The van der Waals surface area contributed by atoms with E-state index < -0.39 is 0 Å². The number of hydrogen-bond acceptors (Lipinski definition) is 3. The van der Waals surface area contributed by atoms with Crippen molar-refractivity contribution in [1.82, 2.24) is 4.90 Å². The van der Waals surface area contributed by atoms with E-state index in [0.29, 0.717) is 12.1 Å². The van der Waals surface area contributed by atoms with Gasteiger partial charge in [0.1, 0.15) is 0 Å². The highest BCUT2D eigenvalue weighted by Crippen LogP contribution is 2.14. The number of likely N-dealkylation sites (N-methyl/N-ethyl adjacent to an activating group) is 1. The third-order valence-corrected chi connectivity index (χ3v) is 2.80. The van der Waals surface area contributed by atoms with E-state index in [1.165, 1.54) is 0 Å². The third kappa shape index (κ3) is 2.44. The van der Waals surface area contributed by atoms with Gasteiger partial charge in [-0.25, -0.2) is 0 Å². The summed E-state index contributed by atoms with van der Waals surface area (Å²) in [5.41, 5.74) is 5.61.